The van der Waals surface area contributed by atoms with Gasteiger partial charge in [-0.15, -0.1) is 0 Å². The van der Waals surface area contributed by atoms with Crippen molar-refractivity contribution in [3.8, 4) is 5.75 Å². The van der Waals surface area contributed by atoms with Gasteiger partial charge in [0.15, 0.2) is 11.6 Å². The first-order valence-corrected chi connectivity index (χ1v) is 11.3. The lowest BCUT2D eigenvalue weighted by Gasteiger charge is -2.43. The van der Waals surface area contributed by atoms with Crippen molar-refractivity contribution in [2.75, 3.05) is 0 Å². The second kappa shape index (κ2) is 7.91. The second-order valence-electron chi connectivity index (χ2n) is 9.47. The highest BCUT2D eigenvalue weighted by atomic mass is 19.2. The monoisotopic (exact) mass is 501 g/mol. The summed E-state index contributed by atoms with van der Waals surface area (Å²) in [7, 11) is -2.03. The number of carbonyl (C=O) groups is 3. The zero-order chi connectivity index (χ0) is 26.3. The van der Waals surface area contributed by atoms with Crippen molar-refractivity contribution in [2.24, 2.45) is 11.3 Å². The van der Waals surface area contributed by atoms with E-state index in [0.717, 1.165) is 25.8 Å². The van der Waals surface area contributed by atoms with E-state index >= 15 is 0 Å². The van der Waals surface area contributed by atoms with E-state index in [0.29, 0.717) is 6.07 Å². The van der Waals surface area contributed by atoms with Crippen LogP contribution in [0.4, 0.5) is 8.78 Å². The van der Waals surface area contributed by atoms with Crippen LogP contribution in [0, 0.1) is 23.0 Å². The minimum Gasteiger partial charge on any atom is -0.482 e. The first kappa shape index (κ1) is 24.0. The van der Waals surface area contributed by atoms with Crippen molar-refractivity contribution in [3.63, 3.8) is 0 Å². The molecule has 4 unspecified atom stereocenters. The van der Waals surface area contributed by atoms with Gasteiger partial charge in [0.1, 0.15) is 11.7 Å². The largest absolute Gasteiger partial charge is 0.870 e. The summed E-state index contributed by atoms with van der Waals surface area (Å²) in [6.07, 6.45) is 1.43. The van der Waals surface area contributed by atoms with Gasteiger partial charge in [0, 0.05) is 25.5 Å². The normalized spacial score (nSPS) is 25.4. The van der Waals surface area contributed by atoms with Crippen molar-refractivity contribution < 1.29 is 41.9 Å². The number of aromatic nitrogens is 1. The number of allylic oxidation sites excluding steroid dienone is 1. The molecule has 0 amide bonds. The molecule has 9 nitrogen and oxygen atoms in total. The predicted octanol–water partition coefficient (Wildman–Crippen LogP) is 3.23. The van der Waals surface area contributed by atoms with Gasteiger partial charge in [-0.05, 0) is 39.2 Å². The molecule has 5 rings (SSSR count). The maximum Gasteiger partial charge on any atom is 0.870 e. The van der Waals surface area contributed by atoms with Gasteiger partial charge in [0.05, 0.1) is 16.9 Å². The highest BCUT2D eigenvalue weighted by Crippen LogP contribution is 2.74. The van der Waals surface area contributed by atoms with Crippen molar-refractivity contribution in [2.45, 2.75) is 53.2 Å². The lowest BCUT2D eigenvalue weighted by Crippen LogP contribution is -2.45. The molecule has 0 bridgehead atoms. The first-order valence-electron chi connectivity index (χ1n) is 11.3. The van der Waals surface area contributed by atoms with Crippen molar-refractivity contribution in [1.82, 2.24) is 4.57 Å². The lowest BCUT2D eigenvalue weighted by atomic mass is 9.72. The van der Waals surface area contributed by atoms with Crippen LogP contribution in [0.1, 0.15) is 57.4 Å². The molecule has 12 heteroatoms. The SMILES string of the molecule is CC(=O)OB(OC(C)=O)OC(=O)c1cn2c3c(c(F)c(F)cc3c1=O)OC(C13CC1C(C)=C3C)C2C. The number of rotatable bonds is 5. The number of benzene rings is 1. The average molecular weight is 501 g/mol. The van der Waals surface area contributed by atoms with Crippen LogP contribution >= 0.6 is 0 Å². The molecule has 1 saturated carbocycles. The van der Waals surface area contributed by atoms with Crippen LogP contribution in [0.25, 0.3) is 10.9 Å². The van der Waals surface area contributed by atoms with Crippen LogP contribution in [0.3, 0.4) is 0 Å². The number of ether oxygens (including phenoxy) is 1. The number of halogens is 2. The molecule has 2 heterocycles. The molecule has 2 aromatic rings. The second-order valence-corrected chi connectivity index (χ2v) is 9.47. The Hall–Kier alpha value is -3.70. The third kappa shape index (κ3) is 3.26. The summed E-state index contributed by atoms with van der Waals surface area (Å²) in [6.45, 7) is 7.83. The molecular formula is C24H22BF2NO8. The Kier molecular flexibility index (Phi) is 5.27. The number of carbonyl (C=O) groups excluding carboxylic acids is 3. The number of pyridine rings is 1. The van der Waals surface area contributed by atoms with E-state index in [9.17, 15) is 28.0 Å². The van der Waals surface area contributed by atoms with E-state index in [1.165, 1.54) is 16.3 Å². The zero-order valence-electron chi connectivity index (χ0n) is 20.1. The molecule has 1 aromatic carbocycles. The van der Waals surface area contributed by atoms with E-state index in [1.807, 2.05) is 13.8 Å². The maximum atomic E-state index is 14.9. The third-order valence-electron chi connectivity index (χ3n) is 7.56. The van der Waals surface area contributed by atoms with Crippen LogP contribution < -0.4 is 10.2 Å². The van der Waals surface area contributed by atoms with E-state index < -0.39 is 60.0 Å². The van der Waals surface area contributed by atoms with Gasteiger partial charge >= 0.3 is 13.3 Å². The van der Waals surface area contributed by atoms with Gasteiger partial charge < -0.3 is 23.3 Å². The molecule has 0 radical (unpaired) electrons. The minimum atomic E-state index is -2.03. The molecular weight excluding hydrogens is 479 g/mol. The summed E-state index contributed by atoms with van der Waals surface area (Å²) in [5.41, 5.74) is 0.564. The van der Waals surface area contributed by atoms with Gasteiger partial charge in [-0.25, -0.2) is 9.18 Å². The fourth-order valence-corrected chi connectivity index (χ4v) is 5.72. The summed E-state index contributed by atoms with van der Waals surface area (Å²) < 4.78 is 51.4. The first-order chi connectivity index (χ1) is 16.9. The Labute approximate surface area is 204 Å². The Morgan fingerprint density at radius 2 is 1.78 bits per heavy atom. The number of fused-ring (bicyclic) bond motifs is 1. The molecule has 4 atom stereocenters. The Morgan fingerprint density at radius 3 is 2.33 bits per heavy atom. The van der Waals surface area contributed by atoms with Crippen LogP contribution in [-0.2, 0) is 23.6 Å². The Morgan fingerprint density at radius 1 is 1.14 bits per heavy atom. The Balaban J connectivity index is 1.62. The molecule has 188 valence electrons. The molecule has 1 fully saturated rings. The highest BCUT2D eigenvalue weighted by molar-refractivity contribution is 6.44. The summed E-state index contributed by atoms with van der Waals surface area (Å²) in [4.78, 5) is 48.7. The van der Waals surface area contributed by atoms with Gasteiger partial charge in [-0.3, -0.25) is 14.4 Å². The van der Waals surface area contributed by atoms with Crippen LogP contribution in [-0.4, -0.2) is 35.9 Å². The fourth-order valence-electron chi connectivity index (χ4n) is 5.72. The number of hydrogen-bond donors (Lipinski definition) is 0. The summed E-state index contributed by atoms with van der Waals surface area (Å²) >= 11 is 0. The highest BCUT2D eigenvalue weighted by Gasteiger charge is 2.70. The summed E-state index contributed by atoms with van der Waals surface area (Å²) in [5, 5.41) is -0.290. The minimum absolute atomic E-state index is 0.0157. The predicted molar refractivity (Wildman–Crippen MR) is 121 cm³/mol. The zero-order valence-corrected chi connectivity index (χ0v) is 20.1. The van der Waals surface area contributed by atoms with E-state index in [2.05, 4.69) is 9.31 Å². The summed E-state index contributed by atoms with van der Waals surface area (Å²) in [5.74, 6) is -5.74. The molecule has 3 aliphatic rings. The molecule has 0 N–H and O–H groups in total. The topological polar surface area (TPSA) is 110 Å². The number of nitrogens with zero attached hydrogens (tertiary/aromatic N) is 1. The van der Waals surface area contributed by atoms with Gasteiger partial charge in [-0.1, -0.05) is 11.1 Å². The van der Waals surface area contributed by atoms with Crippen LogP contribution in [0.5, 0.6) is 5.75 Å². The standard InChI is InChI=1S/C24H22BF2NO8/c1-9-10(2)24(7-16(9)24)22-11(3)28-8-15(23(32)36-25(34-12(4)29)35-13(5)30)20(31)14-6-17(26)18(27)21(33-22)19(14)28/h6,8,11,16,22H,7H2,1-5H3. The molecule has 0 spiro atoms. The molecule has 36 heavy (non-hydrogen) atoms. The van der Waals surface area contributed by atoms with Crippen LogP contribution in [0.2, 0.25) is 0 Å². The summed E-state index contributed by atoms with van der Waals surface area (Å²) in [6, 6.07) is 0.231. The quantitative estimate of drug-likeness (QED) is 0.454. The molecule has 1 aliphatic heterocycles. The van der Waals surface area contributed by atoms with Gasteiger partial charge in [-0.2, -0.15) is 4.39 Å². The smallest absolute Gasteiger partial charge is 0.482 e. The van der Waals surface area contributed by atoms with Crippen molar-refractivity contribution >= 4 is 36.1 Å². The van der Waals surface area contributed by atoms with E-state index in [-0.39, 0.29) is 28.0 Å². The average Bonchev–Trinajstić information content (AvgIpc) is 3.50. The maximum absolute atomic E-state index is 14.9. The molecule has 1 aromatic heterocycles. The van der Waals surface area contributed by atoms with Gasteiger partial charge in [0.25, 0.3) is 11.9 Å². The number of hydrogen-bond acceptors (Lipinski definition) is 8. The molecule has 0 saturated heterocycles. The van der Waals surface area contributed by atoms with Crippen molar-refractivity contribution in [1.29, 1.82) is 0 Å². The van der Waals surface area contributed by atoms with Gasteiger partial charge in [0.2, 0.25) is 11.2 Å². The lowest BCUT2D eigenvalue weighted by molar-refractivity contribution is -0.139. The third-order valence-corrected chi connectivity index (χ3v) is 7.56. The van der Waals surface area contributed by atoms with Crippen molar-refractivity contribution in [3.05, 3.63) is 50.8 Å². The van der Waals surface area contributed by atoms with E-state index in [1.54, 1.807) is 6.92 Å². The van der Waals surface area contributed by atoms with E-state index in [4.69, 9.17) is 9.39 Å². The van der Waals surface area contributed by atoms with Crippen LogP contribution in [0.15, 0.2) is 28.2 Å². The fraction of sp³-hybridized carbons (Fsp3) is 0.417. The Bertz CT molecular complexity index is 1450. The molecule has 2 aliphatic carbocycles.